The summed E-state index contributed by atoms with van der Waals surface area (Å²) in [4.78, 5) is 0. The van der Waals surface area contributed by atoms with E-state index in [-0.39, 0.29) is 0 Å². The van der Waals surface area contributed by atoms with Crippen LogP contribution in [0.15, 0.2) is 0 Å². The first-order valence-corrected chi connectivity index (χ1v) is 3.53. The van der Waals surface area contributed by atoms with Crippen molar-refractivity contribution in [2.45, 2.75) is 24.1 Å². The summed E-state index contributed by atoms with van der Waals surface area (Å²) in [5.41, 5.74) is 0. The Morgan fingerprint density at radius 3 is 2.08 bits per heavy atom. The van der Waals surface area contributed by atoms with Crippen LogP contribution in [0.25, 0.3) is 0 Å². The minimum atomic E-state index is -2.16. The lowest BCUT2D eigenvalue weighted by molar-refractivity contribution is -0.248. The Balaban J connectivity index is 2.72. The van der Waals surface area contributed by atoms with E-state index in [0.29, 0.717) is 0 Å². The van der Waals surface area contributed by atoms with Crippen molar-refractivity contribution in [1.82, 2.24) is 0 Å². The summed E-state index contributed by atoms with van der Waals surface area (Å²) in [6.07, 6.45) is -4.04. The average molecular weight is 180 g/mol. The van der Waals surface area contributed by atoms with Gasteiger partial charge in [-0.2, -0.15) is 0 Å². The van der Waals surface area contributed by atoms with Crippen LogP contribution in [0.1, 0.15) is 0 Å². The monoisotopic (exact) mass is 180 g/mol. The summed E-state index contributed by atoms with van der Waals surface area (Å²) in [5, 5.41) is 44.7. The van der Waals surface area contributed by atoms with E-state index in [1.807, 2.05) is 0 Å². The van der Waals surface area contributed by atoms with Crippen molar-refractivity contribution in [1.29, 1.82) is 0 Å². The molecule has 5 N–H and O–H groups in total. The number of hydrogen-bond acceptors (Lipinski definition) is 6. The molecule has 0 aromatic carbocycles. The van der Waals surface area contributed by atoms with Crippen molar-refractivity contribution in [2.75, 3.05) is 13.2 Å². The van der Waals surface area contributed by atoms with Gasteiger partial charge in [-0.15, -0.1) is 0 Å². The smallest absolute Gasteiger partial charge is 0.219 e. The number of aliphatic hydroxyl groups excluding tert-OH is 4. The summed E-state index contributed by atoms with van der Waals surface area (Å²) in [7, 11) is 0. The summed E-state index contributed by atoms with van der Waals surface area (Å²) < 4.78 is 4.63. The van der Waals surface area contributed by atoms with Gasteiger partial charge < -0.3 is 30.3 Å². The molecule has 0 radical (unpaired) electrons. The Morgan fingerprint density at radius 2 is 1.83 bits per heavy atom. The molecule has 0 aromatic heterocycles. The highest BCUT2D eigenvalue weighted by Crippen LogP contribution is 2.28. The number of hydrogen-bond donors (Lipinski definition) is 5. The fourth-order valence-electron chi connectivity index (χ4n) is 1.15. The van der Waals surface area contributed by atoms with E-state index in [1.165, 1.54) is 0 Å². The molecule has 0 spiro atoms. The van der Waals surface area contributed by atoms with Gasteiger partial charge in [0.1, 0.15) is 18.3 Å². The number of rotatable bonds is 2. The summed E-state index contributed by atoms with van der Waals surface area (Å²) >= 11 is 0. The zero-order chi connectivity index (χ0) is 9.35. The van der Waals surface area contributed by atoms with Crippen LogP contribution < -0.4 is 0 Å². The highest BCUT2D eigenvalue weighted by Gasteiger charge is 2.52. The lowest BCUT2D eigenvalue weighted by Gasteiger charge is -2.22. The summed E-state index contributed by atoms with van der Waals surface area (Å²) in [6.45, 7) is -1.36. The van der Waals surface area contributed by atoms with Gasteiger partial charge in [-0.05, 0) is 0 Å². The fraction of sp³-hybridized carbons (Fsp3) is 1.00. The molecule has 12 heavy (non-hydrogen) atoms. The minimum Gasteiger partial charge on any atom is -0.394 e. The molecule has 0 bridgehead atoms. The molecular weight excluding hydrogens is 168 g/mol. The van der Waals surface area contributed by atoms with Crippen LogP contribution >= 0.6 is 0 Å². The van der Waals surface area contributed by atoms with E-state index in [4.69, 9.17) is 20.4 Å². The van der Waals surface area contributed by atoms with E-state index < -0.39 is 37.3 Å². The molecule has 1 saturated heterocycles. The second kappa shape index (κ2) is 3.25. The van der Waals surface area contributed by atoms with Crippen molar-refractivity contribution >= 4 is 0 Å². The zero-order valence-electron chi connectivity index (χ0n) is 6.29. The van der Waals surface area contributed by atoms with Crippen molar-refractivity contribution in [3.63, 3.8) is 0 Å². The standard InChI is InChI=1S/C6H12O6/c7-1-3-4(9)5(10)6(11,2-8)12-3/h3-5,7-11H,1-2H2/t3-,4-,5-,6-/m1/s1. The van der Waals surface area contributed by atoms with Crippen LogP contribution in [0, 0.1) is 0 Å². The van der Waals surface area contributed by atoms with Crippen molar-refractivity contribution in [2.24, 2.45) is 0 Å². The third-order valence-electron chi connectivity index (χ3n) is 1.93. The first-order valence-electron chi connectivity index (χ1n) is 3.53. The maximum absolute atomic E-state index is 9.25. The Bertz CT molecular complexity index is 162. The van der Waals surface area contributed by atoms with Crippen molar-refractivity contribution in [3.05, 3.63) is 0 Å². The van der Waals surface area contributed by atoms with Crippen molar-refractivity contribution in [3.8, 4) is 0 Å². The molecule has 1 heterocycles. The van der Waals surface area contributed by atoms with Gasteiger partial charge in [-0.1, -0.05) is 0 Å². The maximum Gasteiger partial charge on any atom is 0.219 e. The predicted molar refractivity (Wildman–Crippen MR) is 36.0 cm³/mol. The predicted octanol–water partition coefficient (Wildman–Crippen LogP) is -3.22. The average Bonchev–Trinajstić information content (AvgIpc) is 2.31. The minimum absolute atomic E-state index is 0.527. The molecule has 0 aromatic rings. The van der Waals surface area contributed by atoms with Crippen LogP contribution in [0.5, 0.6) is 0 Å². The van der Waals surface area contributed by atoms with E-state index in [2.05, 4.69) is 4.74 Å². The Kier molecular flexibility index (Phi) is 2.67. The Labute approximate surface area is 68.6 Å². The van der Waals surface area contributed by atoms with Gasteiger partial charge in [-0.25, -0.2) is 0 Å². The normalized spacial score (nSPS) is 48.2. The molecular formula is C6H12O6. The summed E-state index contributed by atoms with van der Waals surface area (Å²) in [6, 6.07) is 0. The molecule has 1 aliphatic heterocycles. The second-order valence-electron chi connectivity index (χ2n) is 2.78. The van der Waals surface area contributed by atoms with E-state index in [1.54, 1.807) is 0 Å². The maximum atomic E-state index is 9.25. The van der Waals surface area contributed by atoms with Gasteiger partial charge in [0, 0.05) is 0 Å². The van der Waals surface area contributed by atoms with Crippen LogP contribution in [-0.4, -0.2) is 62.8 Å². The molecule has 0 amide bonds. The lowest BCUT2D eigenvalue weighted by atomic mass is 10.1. The SMILES string of the molecule is OC[C@H]1O[C@](O)(CO)[C@H](O)[C@@H]1O. The van der Waals surface area contributed by atoms with Crippen molar-refractivity contribution < 1.29 is 30.3 Å². The molecule has 6 heteroatoms. The molecule has 0 aliphatic carbocycles. The first kappa shape index (κ1) is 9.85. The van der Waals surface area contributed by atoms with E-state index >= 15 is 0 Å². The molecule has 1 fully saturated rings. The fourth-order valence-corrected chi connectivity index (χ4v) is 1.15. The van der Waals surface area contributed by atoms with Gasteiger partial charge in [0.2, 0.25) is 5.79 Å². The molecule has 1 rings (SSSR count). The van der Waals surface area contributed by atoms with Gasteiger partial charge >= 0.3 is 0 Å². The van der Waals surface area contributed by atoms with Gasteiger partial charge in [0.05, 0.1) is 13.2 Å². The largest absolute Gasteiger partial charge is 0.394 e. The second-order valence-corrected chi connectivity index (χ2v) is 2.78. The van der Waals surface area contributed by atoms with Crippen LogP contribution in [0.4, 0.5) is 0 Å². The highest BCUT2D eigenvalue weighted by atomic mass is 16.7. The third kappa shape index (κ3) is 1.33. The topological polar surface area (TPSA) is 110 Å². The van der Waals surface area contributed by atoms with Crippen LogP contribution in [0.3, 0.4) is 0 Å². The molecule has 0 saturated carbocycles. The number of aliphatic hydroxyl groups is 5. The van der Waals surface area contributed by atoms with Gasteiger partial charge in [0.15, 0.2) is 0 Å². The van der Waals surface area contributed by atoms with Crippen LogP contribution in [0.2, 0.25) is 0 Å². The third-order valence-corrected chi connectivity index (χ3v) is 1.93. The zero-order valence-corrected chi connectivity index (χ0v) is 6.29. The van der Waals surface area contributed by atoms with Crippen LogP contribution in [-0.2, 0) is 4.74 Å². The summed E-state index contributed by atoms with van der Waals surface area (Å²) in [5.74, 6) is -2.16. The van der Waals surface area contributed by atoms with E-state index in [9.17, 15) is 5.11 Å². The first-order chi connectivity index (χ1) is 5.55. The number of ether oxygens (including phenoxy) is 1. The molecule has 6 nitrogen and oxygen atoms in total. The molecule has 72 valence electrons. The molecule has 1 aliphatic rings. The lowest BCUT2D eigenvalue weighted by Crippen LogP contribution is -2.46. The Hall–Kier alpha value is -0.240. The van der Waals surface area contributed by atoms with Gasteiger partial charge in [-0.3, -0.25) is 0 Å². The van der Waals surface area contributed by atoms with E-state index in [0.717, 1.165) is 0 Å². The van der Waals surface area contributed by atoms with Gasteiger partial charge in [0.25, 0.3) is 0 Å². The molecule has 4 atom stereocenters. The quantitative estimate of drug-likeness (QED) is 0.306. The Morgan fingerprint density at radius 1 is 1.25 bits per heavy atom. The molecule has 0 unspecified atom stereocenters. The highest BCUT2D eigenvalue weighted by molar-refractivity contribution is 4.94.